The molecule has 0 bridgehead atoms. The Bertz CT molecular complexity index is 1110. The van der Waals surface area contributed by atoms with Crippen LogP contribution >= 0.6 is 11.3 Å². The van der Waals surface area contributed by atoms with Crippen LogP contribution < -0.4 is 19.5 Å². The highest BCUT2D eigenvalue weighted by Gasteiger charge is 2.17. The first kappa shape index (κ1) is 20.9. The number of anilines is 1. The zero-order valence-electron chi connectivity index (χ0n) is 17.3. The SMILES string of the molecule is COc1ccc(-c2nc(NC(=O)CCC(=O)c3ccc4c(c3)OCCO4)sc2C)cc1. The maximum Gasteiger partial charge on any atom is 0.226 e. The van der Waals surface area contributed by atoms with Crippen LogP contribution in [0, 0.1) is 6.92 Å². The fraction of sp³-hybridized carbons (Fsp3) is 0.261. The number of fused-ring (bicyclic) bond motifs is 1. The number of ether oxygens (including phenoxy) is 3. The fourth-order valence-electron chi connectivity index (χ4n) is 3.24. The number of thiazole rings is 1. The van der Waals surface area contributed by atoms with Gasteiger partial charge in [-0.2, -0.15) is 0 Å². The molecule has 0 aliphatic carbocycles. The minimum Gasteiger partial charge on any atom is -0.497 e. The molecule has 2 aromatic carbocycles. The second kappa shape index (κ2) is 9.18. The van der Waals surface area contributed by atoms with Crippen molar-refractivity contribution in [1.82, 2.24) is 4.98 Å². The van der Waals surface area contributed by atoms with Gasteiger partial charge in [0.1, 0.15) is 19.0 Å². The van der Waals surface area contributed by atoms with Gasteiger partial charge >= 0.3 is 0 Å². The van der Waals surface area contributed by atoms with Gasteiger partial charge < -0.3 is 19.5 Å². The number of nitrogens with one attached hydrogen (secondary N) is 1. The molecule has 1 N–H and O–H groups in total. The highest BCUT2D eigenvalue weighted by molar-refractivity contribution is 7.16. The third-order valence-corrected chi connectivity index (χ3v) is 5.74. The highest BCUT2D eigenvalue weighted by atomic mass is 32.1. The molecule has 1 aliphatic rings. The van der Waals surface area contributed by atoms with E-state index in [0.29, 0.717) is 35.4 Å². The Morgan fingerprint density at radius 1 is 1.06 bits per heavy atom. The molecule has 1 aromatic heterocycles. The number of rotatable bonds is 7. The van der Waals surface area contributed by atoms with E-state index in [1.165, 1.54) is 11.3 Å². The number of Topliss-reactive ketones (excluding diaryl/α,β-unsaturated/α-hetero) is 1. The molecule has 1 aliphatic heterocycles. The van der Waals surface area contributed by atoms with Crippen molar-refractivity contribution in [3.63, 3.8) is 0 Å². The number of benzene rings is 2. The molecule has 160 valence electrons. The highest BCUT2D eigenvalue weighted by Crippen LogP contribution is 2.32. The van der Waals surface area contributed by atoms with E-state index in [1.54, 1.807) is 25.3 Å². The molecular formula is C23H22N2O5S. The van der Waals surface area contributed by atoms with Crippen LogP contribution in [0.15, 0.2) is 42.5 Å². The zero-order valence-corrected chi connectivity index (χ0v) is 18.1. The van der Waals surface area contributed by atoms with E-state index >= 15 is 0 Å². The maximum atomic E-state index is 12.5. The summed E-state index contributed by atoms with van der Waals surface area (Å²) >= 11 is 1.40. The van der Waals surface area contributed by atoms with Crippen LogP contribution in [-0.2, 0) is 4.79 Å². The van der Waals surface area contributed by atoms with Gasteiger partial charge in [0.15, 0.2) is 22.4 Å². The van der Waals surface area contributed by atoms with Crippen molar-refractivity contribution in [2.75, 3.05) is 25.6 Å². The van der Waals surface area contributed by atoms with E-state index in [1.807, 2.05) is 31.2 Å². The lowest BCUT2D eigenvalue weighted by molar-refractivity contribution is -0.116. The normalized spacial score (nSPS) is 12.3. The third kappa shape index (κ3) is 4.86. The van der Waals surface area contributed by atoms with Crippen molar-refractivity contribution in [3.05, 3.63) is 52.9 Å². The van der Waals surface area contributed by atoms with E-state index in [-0.39, 0.29) is 24.5 Å². The van der Waals surface area contributed by atoms with Crippen molar-refractivity contribution >= 4 is 28.2 Å². The van der Waals surface area contributed by atoms with E-state index in [9.17, 15) is 9.59 Å². The number of aromatic nitrogens is 1. The Kier molecular flexibility index (Phi) is 6.18. The average molecular weight is 439 g/mol. The van der Waals surface area contributed by atoms with Crippen molar-refractivity contribution in [2.45, 2.75) is 19.8 Å². The van der Waals surface area contributed by atoms with Crippen molar-refractivity contribution in [3.8, 4) is 28.5 Å². The van der Waals surface area contributed by atoms with Crippen molar-refractivity contribution in [1.29, 1.82) is 0 Å². The van der Waals surface area contributed by atoms with Crippen LogP contribution in [0.5, 0.6) is 17.2 Å². The molecule has 0 spiro atoms. The van der Waals surface area contributed by atoms with Crippen LogP contribution in [-0.4, -0.2) is 37.0 Å². The summed E-state index contributed by atoms with van der Waals surface area (Å²) in [6.07, 6.45) is 0.172. The summed E-state index contributed by atoms with van der Waals surface area (Å²) in [5, 5.41) is 3.31. The first-order chi connectivity index (χ1) is 15.0. The minimum absolute atomic E-state index is 0.0732. The Hall–Kier alpha value is -3.39. The van der Waals surface area contributed by atoms with Gasteiger partial charge in [0, 0.05) is 28.8 Å². The van der Waals surface area contributed by atoms with Gasteiger partial charge in [-0.05, 0) is 49.4 Å². The van der Waals surface area contributed by atoms with Crippen LogP contribution in [0.1, 0.15) is 28.1 Å². The lowest BCUT2D eigenvalue weighted by Gasteiger charge is -2.18. The van der Waals surface area contributed by atoms with Crippen LogP contribution in [0.3, 0.4) is 0 Å². The smallest absolute Gasteiger partial charge is 0.226 e. The van der Waals surface area contributed by atoms with Gasteiger partial charge in [-0.15, -0.1) is 11.3 Å². The number of carbonyl (C=O) groups excluding carboxylic acids is 2. The quantitative estimate of drug-likeness (QED) is 0.547. The molecular weight excluding hydrogens is 416 g/mol. The maximum absolute atomic E-state index is 12.5. The molecule has 7 nitrogen and oxygen atoms in total. The Morgan fingerprint density at radius 3 is 2.55 bits per heavy atom. The number of methoxy groups -OCH3 is 1. The zero-order chi connectivity index (χ0) is 21.8. The minimum atomic E-state index is -0.249. The average Bonchev–Trinajstić information content (AvgIpc) is 3.16. The van der Waals surface area contributed by atoms with E-state index < -0.39 is 0 Å². The molecule has 0 unspecified atom stereocenters. The number of aryl methyl sites for hydroxylation is 1. The first-order valence-electron chi connectivity index (χ1n) is 9.88. The van der Waals surface area contributed by atoms with Gasteiger partial charge in [-0.3, -0.25) is 9.59 Å². The Morgan fingerprint density at radius 2 is 1.81 bits per heavy atom. The molecule has 2 heterocycles. The summed E-state index contributed by atoms with van der Waals surface area (Å²) in [7, 11) is 1.62. The summed E-state index contributed by atoms with van der Waals surface area (Å²) in [5.41, 5.74) is 2.27. The van der Waals surface area contributed by atoms with Gasteiger partial charge in [0.05, 0.1) is 12.8 Å². The van der Waals surface area contributed by atoms with Crippen molar-refractivity contribution in [2.24, 2.45) is 0 Å². The van der Waals surface area contributed by atoms with E-state index in [0.717, 1.165) is 21.9 Å². The lowest BCUT2D eigenvalue weighted by Crippen LogP contribution is -2.16. The number of hydrogen-bond donors (Lipinski definition) is 1. The molecule has 0 atom stereocenters. The number of hydrogen-bond acceptors (Lipinski definition) is 7. The first-order valence-corrected chi connectivity index (χ1v) is 10.7. The van der Waals surface area contributed by atoms with E-state index in [2.05, 4.69) is 10.3 Å². The van der Waals surface area contributed by atoms with Gasteiger partial charge in [0.25, 0.3) is 0 Å². The molecule has 3 aromatic rings. The number of ketones is 1. The molecule has 8 heteroatoms. The second-order valence-electron chi connectivity index (χ2n) is 6.98. The Balaban J connectivity index is 1.35. The second-order valence-corrected chi connectivity index (χ2v) is 8.19. The van der Waals surface area contributed by atoms with Gasteiger partial charge in [-0.1, -0.05) is 0 Å². The summed E-state index contributed by atoms with van der Waals surface area (Å²) in [6, 6.07) is 12.7. The topological polar surface area (TPSA) is 86.8 Å². The third-order valence-electron chi connectivity index (χ3n) is 4.85. The monoisotopic (exact) mass is 438 g/mol. The van der Waals surface area contributed by atoms with E-state index in [4.69, 9.17) is 14.2 Å². The number of nitrogens with zero attached hydrogens (tertiary/aromatic N) is 1. The Labute approximate surface area is 184 Å². The standard InChI is InChI=1S/C23H22N2O5S/c1-14-22(15-3-6-17(28-2)7-4-15)25-23(31-14)24-21(27)10-8-18(26)16-5-9-19-20(13-16)30-12-11-29-19/h3-7,9,13H,8,10-12H2,1-2H3,(H,24,25,27). The van der Waals surface area contributed by atoms with Crippen LogP contribution in [0.25, 0.3) is 11.3 Å². The van der Waals surface area contributed by atoms with Crippen LogP contribution in [0.4, 0.5) is 5.13 Å². The summed E-state index contributed by atoms with van der Waals surface area (Å²) < 4.78 is 16.2. The fourth-order valence-corrected chi connectivity index (χ4v) is 4.09. The summed E-state index contributed by atoms with van der Waals surface area (Å²) in [4.78, 5) is 30.4. The molecule has 31 heavy (non-hydrogen) atoms. The number of amides is 1. The molecule has 1 amide bonds. The van der Waals surface area contributed by atoms with Gasteiger partial charge in [0.2, 0.25) is 5.91 Å². The molecule has 4 rings (SSSR count). The summed E-state index contributed by atoms with van der Waals surface area (Å²) in [6.45, 7) is 2.91. The largest absolute Gasteiger partial charge is 0.497 e. The van der Waals surface area contributed by atoms with Crippen LogP contribution in [0.2, 0.25) is 0 Å². The number of carbonyl (C=O) groups is 2. The predicted molar refractivity (Wildman–Crippen MR) is 118 cm³/mol. The molecule has 0 saturated carbocycles. The molecule has 0 fully saturated rings. The van der Waals surface area contributed by atoms with Gasteiger partial charge in [-0.25, -0.2) is 4.98 Å². The molecule has 0 radical (unpaired) electrons. The summed E-state index contributed by atoms with van der Waals surface area (Å²) in [5.74, 6) is 1.59. The predicted octanol–water partition coefficient (Wildman–Crippen LogP) is 4.50. The molecule has 0 saturated heterocycles. The lowest BCUT2D eigenvalue weighted by atomic mass is 10.1. The van der Waals surface area contributed by atoms with Crippen molar-refractivity contribution < 1.29 is 23.8 Å².